The van der Waals surface area contributed by atoms with Crippen LogP contribution in [0.1, 0.15) is 12.7 Å². The van der Waals surface area contributed by atoms with Gasteiger partial charge in [0.05, 0.1) is 6.61 Å². The van der Waals surface area contributed by atoms with Gasteiger partial charge < -0.3 is 14.5 Å². The molecule has 6 nitrogen and oxygen atoms in total. The molecule has 1 saturated heterocycles. The lowest BCUT2D eigenvalue weighted by atomic mass is 10.3. The number of rotatable bonds is 2. The average Bonchev–Trinajstić information content (AvgIpc) is 2.38. The first kappa shape index (κ1) is 14.0. The van der Waals surface area contributed by atoms with Gasteiger partial charge in [-0.25, -0.2) is 14.8 Å². The second-order valence-electron chi connectivity index (χ2n) is 4.27. The summed E-state index contributed by atoms with van der Waals surface area (Å²) in [4.78, 5) is 24.1. The lowest BCUT2D eigenvalue weighted by Gasteiger charge is -2.34. The minimum absolute atomic E-state index is 0.234. The number of aromatic nitrogens is 2. The Morgan fingerprint density at radius 1 is 1.37 bits per heavy atom. The van der Waals surface area contributed by atoms with Crippen LogP contribution < -0.4 is 4.90 Å². The lowest BCUT2D eigenvalue weighted by molar-refractivity contribution is 0.105. The fourth-order valence-electron chi connectivity index (χ4n) is 2.01. The van der Waals surface area contributed by atoms with Crippen molar-refractivity contribution in [3.63, 3.8) is 0 Å². The van der Waals surface area contributed by atoms with E-state index in [1.807, 2.05) is 19.9 Å². The van der Waals surface area contributed by atoms with Crippen LogP contribution in [0, 0.1) is 6.92 Å². The van der Waals surface area contributed by atoms with Crippen LogP contribution >= 0.6 is 15.9 Å². The predicted molar refractivity (Wildman–Crippen MR) is 75.3 cm³/mol. The van der Waals surface area contributed by atoms with Crippen LogP contribution in [0.4, 0.5) is 10.6 Å². The standard InChI is InChI=1S/C12H17BrN4O2/c1-3-19-12(18)17-6-4-16(5-7-17)11-8-10(13)14-9(2)15-11/h8H,3-7H2,1-2H3. The summed E-state index contributed by atoms with van der Waals surface area (Å²) in [5.41, 5.74) is 0. The van der Waals surface area contributed by atoms with E-state index in [1.165, 1.54) is 0 Å². The van der Waals surface area contributed by atoms with E-state index in [2.05, 4.69) is 30.8 Å². The summed E-state index contributed by atoms with van der Waals surface area (Å²) in [7, 11) is 0. The molecule has 1 aliphatic rings. The molecule has 7 heteroatoms. The molecular weight excluding hydrogens is 312 g/mol. The van der Waals surface area contributed by atoms with Crippen molar-refractivity contribution in [3.8, 4) is 0 Å². The Kier molecular flexibility index (Phi) is 4.57. The molecule has 1 fully saturated rings. The van der Waals surface area contributed by atoms with Gasteiger partial charge in [-0.05, 0) is 29.8 Å². The molecule has 1 amide bonds. The Hall–Kier alpha value is -1.37. The Labute approximate surface area is 120 Å². The Bertz CT molecular complexity index is 441. The van der Waals surface area contributed by atoms with E-state index in [4.69, 9.17) is 4.74 Å². The molecule has 104 valence electrons. The minimum atomic E-state index is -0.234. The molecule has 1 aliphatic heterocycles. The molecule has 2 heterocycles. The molecule has 0 radical (unpaired) electrons. The van der Waals surface area contributed by atoms with Crippen LogP contribution in [0.15, 0.2) is 10.7 Å². The fourth-order valence-corrected chi connectivity index (χ4v) is 2.47. The van der Waals surface area contributed by atoms with Gasteiger partial charge in [-0.15, -0.1) is 0 Å². The summed E-state index contributed by atoms with van der Waals surface area (Å²) in [6.45, 7) is 6.90. The van der Waals surface area contributed by atoms with Gasteiger partial charge in [-0.1, -0.05) is 0 Å². The fraction of sp³-hybridized carbons (Fsp3) is 0.583. The molecule has 0 spiro atoms. The molecule has 2 rings (SSSR count). The number of nitrogens with zero attached hydrogens (tertiary/aromatic N) is 4. The molecule has 0 N–H and O–H groups in total. The Balaban J connectivity index is 1.97. The highest BCUT2D eigenvalue weighted by Crippen LogP contribution is 2.18. The average molecular weight is 329 g/mol. The van der Waals surface area contributed by atoms with E-state index in [-0.39, 0.29) is 6.09 Å². The number of anilines is 1. The molecule has 0 bridgehead atoms. The highest BCUT2D eigenvalue weighted by Gasteiger charge is 2.22. The largest absolute Gasteiger partial charge is 0.450 e. The number of aryl methyl sites for hydroxylation is 1. The van der Waals surface area contributed by atoms with Crippen molar-refractivity contribution in [3.05, 3.63) is 16.5 Å². The molecule has 0 unspecified atom stereocenters. The maximum atomic E-state index is 11.6. The van der Waals surface area contributed by atoms with E-state index in [1.54, 1.807) is 4.90 Å². The zero-order valence-corrected chi connectivity index (χ0v) is 12.7. The highest BCUT2D eigenvalue weighted by molar-refractivity contribution is 9.10. The Morgan fingerprint density at radius 3 is 2.63 bits per heavy atom. The zero-order valence-electron chi connectivity index (χ0n) is 11.1. The predicted octanol–water partition coefficient (Wildman–Crippen LogP) is 1.83. The van der Waals surface area contributed by atoms with Gasteiger partial charge in [0.25, 0.3) is 0 Å². The molecule has 1 aromatic rings. The summed E-state index contributed by atoms with van der Waals surface area (Å²) in [6, 6.07) is 1.90. The van der Waals surface area contributed by atoms with Crippen LogP contribution in [-0.2, 0) is 4.74 Å². The maximum Gasteiger partial charge on any atom is 0.409 e. The van der Waals surface area contributed by atoms with Gasteiger partial charge in [0.2, 0.25) is 0 Å². The van der Waals surface area contributed by atoms with E-state index in [9.17, 15) is 4.79 Å². The third-order valence-electron chi connectivity index (χ3n) is 2.92. The van der Waals surface area contributed by atoms with E-state index in [0.29, 0.717) is 19.7 Å². The molecule has 0 saturated carbocycles. The molecule has 1 aromatic heterocycles. The topological polar surface area (TPSA) is 58.6 Å². The van der Waals surface area contributed by atoms with Crippen molar-refractivity contribution >= 4 is 27.8 Å². The summed E-state index contributed by atoms with van der Waals surface area (Å²) in [6.07, 6.45) is -0.234. The number of amides is 1. The molecule has 19 heavy (non-hydrogen) atoms. The smallest absolute Gasteiger partial charge is 0.409 e. The van der Waals surface area contributed by atoms with Crippen LogP contribution in [0.2, 0.25) is 0 Å². The number of halogens is 1. The molecule has 0 atom stereocenters. The van der Waals surface area contributed by atoms with Crippen LogP contribution in [0.25, 0.3) is 0 Å². The zero-order chi connectivity index (χ0) is 13.8. The first-order valence-corrected chi connectivity index (χ1v) is 7.07. The minimum Gasteiger partial charge on any atom is -0.450 e. The summed E-state index contributed by atoms with van der Waals surface area (Å²) in [5.74, 6) is 1.63. The van der Waals surface area contributed by atoms with Crippen molar-refractivity contribution in [2.45, 2.75) is 13.8 Å². The van der Waals surface area contributed by atoms with E-state index < -0.39 is 0 Å². The van der Waals surface area contributed by atoms with Crippen molar-refractivity contribution < 1.29 is 9.53 Å². The van der Waals surface area contributed by atoms with Crippen molar-refractivity contribution in [2.75, 3.05) is 37.7 Å². The number of carbonyl (C=O) groups is 1. The van der Waals surface area contributed by atoms with E-state index >= 15 is 0 Å². The molecule has 0 aliphatic carbocycles. The molecular formula is C12H17BrN4O2. The van der Waals surface area contributed by atoms with Crippen LogP contribution in [-0.4, -0.2) is 53.7 Å². The summed E-state index contributed by atoms with van der Waals surface area (Å²) >= 11 is 3.37. The van der Waals surface area contributed by atoms with E-state index in [0.717, 1.165) is 29.3 Å². The van der Waals surface area contributed by atoms with Crippen molar-refractivity contribution in [1.29, 1.82) is 0 Å². The number of piperazine rings is 1. The second kappa shape index (κ2) is 6.18. The van der Waals surface area contributed by atoms with Gasteiger partial charge >= 0.3 is 6.09 Å². The lowest BCUT2D eigenvalue weighted by Crippen LogP contribution is -2.49. The monoisotopic (exact) mass is 328 g/mol. The molecule has 0 aromatic carbocycles. The van der Waals surface area contributed by atoms with Gasteiger partial charge in [0, 0.05) is 32.2 Å². The van der Waals surface area contributed by atoms with Crippen LogP contribution in [0.3, 0.4) is 0 Å². The van der Waals surface area contributed by atoms with Gasteiger partial charge in [-0.2, -0.15) is 0 Å². The summed E-state index contributed by atoms with van der Waals surface area (Å²) < 4.78 is 5.78. The quantitative estimate of drug-likeness (QED) is 0.775. The SMILES string of the molecule is CCOC(=O)N1CCN(c2cc(Br)nc(C)n2)CC1. The third-order valence-corrected chi connectivity index (χ3v) is 3.33. The highest BCUT2D eigenvalue weighted by atomic mass is 79.9. The number of hydrogen-bond acceptors (Lipinski definition) is 5. The maximum absolute atomic E-state index is 11.6. The summed E-state index contributed by atoms with van der Waals surface area (Å²) in [5, 5.41) is 0. The number of carbonyl (C=O) groups excluding carboxylic acids is 1. The first-order chi connectivity index (χ1) is 9.10. The first-order valence-electron chi connectivity index (χ1n) is 6.28. The van der Waals surface area contributed by atoms with Crippen molar-refractivity contribution in [1.82, 2.24) is 14.9 Å². The van der Waals surface area contributed by atoms with Gasteiger partial charge in [0.15, 0.2) is 0 Å². The van der Waals surface area contributed by atoms with Gasteiger partial charge in [0.1, 0.15) is 16.2 Å². The third kappa shape index (κ3) is 3.56. The normalized spacial score (nSPS) is 15.5. The van der Waals surface area contributed by atoms with Crippen molar-refractivity contribution in [2.24, 2.45) is 0 Å². The Morgan fingerprint density at radius 2 is 2.05 bits per heavy atom. The number of hydrogen-bond donors (Lipinski definition) is 0. The second-order valence-corrected chi connectivity index (χ2v) is 5.08. The van der Waals surface area contributed by atoms with Crippen LogP contribution in [0.5, 0.6) is 0 Å². The number of ether oxygens (including phenoxy) is 1. The van der Waals surface area contributed by atoms with Gasteiger partial charge in [-0.3, -0.25) is 0 Å².